The van der Waals surface area contributed by atoms with E-state index in [2.05, 4.69) is 36.9 Å². The van der Waals surface area contributed by atoms with Gasteiger partial charge in [0.15, 0.2) is 5.96 Å². The van der Waals surface area contributed by atoms with Crippen molar-refractivity contribution in [3.8, 4) is 0 Å². The Morgan fingerprint density at radius 1 is 0.703 bits per heavy atom. The van der Waals surface area contributed by atoms with E-state index < -0.39 is 114 Å². The van der Waals surface area contributed by atoms with Crippen molar-refractivity contribution < 1.29 is 53.3 Å². The van der Waals surface area contributed by atoms with Crippen LogP contribution in [0.4, 0.5) is 0 Å². The molecule has 1 aliphatic heterocycles. The third-order valence-corrected chi connectivity index (χ3v) is 11.2. The highest BCUT2D eigenvalue weighted by Crippen LogP contribution is 2.16. The summed E-state index contributed by atoms with van der Waals surface area (Å²) in [7, 11) is 0. The Morgan fingerprint density at radius 3 is 1.75 bits per heavy atom. The molecule has 0 bridgehead atoms. The molecule has 7 amide bonds. The monoisotopic (exact) mass is 911 g/mol. The maximum absolute atomic E-state index is 14.1. The number of nitrogens with two attached hydrogens (primary N) is 3. The Balaban J connectivity index is 3.26. The van der Waals surface area contributed by atoms with E-state index in [0.29, 0.717) is 25.8 Å². The predicted molar refractivity (Wildman–Crippen MR) is 239 cm³/mol. The number of rotatable bonds is 23. The van der Waals surface area contributed by atoms with E-state index >= 15 is 0 Å². The molecule has 21 nitrogen and oxygen atoms in total. The van der Waals surface area contributed by atoms with E-state index in [4.69, 9.17) is 21.9 Å². The summed E-state index contributed by atoms with van der Waals surface area (Å²) in [5.74, 6) is -8.06. The molecule has 1 fully saturated rings. The first kappa shape index (κ1) is 57.0. The minimum atomic E-state index is -1.64. The third-order valence-electron chi connectivity index (χ3n) is 11.2. The molecule has 0 aromatic rings. The van der Waals surface area contributed by atoms with Crippen LogP contribution < -0.4 is 49.1 Å². The molecule has 10 unspecified atom stereocenters. The molecule has 14 N–H and O–H groups in total. The van der Waals surface area contributed by atoms with Crippen LogP contribution in [-0.2, 0) is 43.1 Å². The van der Waals surface area contributed by atoms with Crippen LogP contribution in [-0.4, -0.2) is 125 Å². The third kappa shape index (κ3) is 22.0. The van der Waals surface area contributed by atoms with Crippen LogP contribution >= 0.6 is 0 Å². The van der Waals surface area contributed by atoms with E-state index in [1.807, 2.05) is 0 Å². The van der Waals surface area contributed by atoms with Crippen LogP contribution in [0.15, 0.2) is 4.99 Å². The lowest BCUT2D eigenvalue weighted by Crippen LogP contribution is -2.63. The molecule has 366 valence electrons. The minimum absolute atomic E-state index is 0.113. The normalized spacial score (nSPS) is 24.5. The summed E-state index contributed by atoms with van der Waals surface area (Å²) < 4.78 is 5.58. The Bertz CT molecular complexity index is 1560. The van der Waals surface area contributed by atoms with Gasteiger partial charge in [0.05, 0.1) is 18.6 Å². The number of esters is 1. The average Bonchev–Trinajstić information content (AvgIpc) is 3.21. The highest BCUT2D eigenvalue weighted by atomic mass is 16.5. The summed E-state index contributed by atoms with van der Waals surface area (Å²) >= 11 is 0. The van der Waals surface area contributed by atoms with Crippen molar-refractivity contribution in [3.63, 3.8) is 0 Å². The zero-order chi connectivity index (χ0) is 48.5. The molecule has 1 aliphatic rings. The topological polar surface area (TPSA) is 349 Å². The van der Waals surface area contributed by atoms with Crippen LogP contribution in [0, 0.1) is 11.8 Å². The number of hydrogen-bond donors (Lipinski definition) is 11. The first-order chi connectivity index (χ1) is 30.1. The number of amides is 7. The summed E-state index contributed by atoms with van der Waals surface area (Å²) in [5, 5.41) is 36.4. The highest BCUT2D eigenvalue weighted by molar-refractivity contribution is 5.97. The first-order valence-electron chi connectivity index (χ1n) is 22.8. The number of aliphatic hydroxyl groups is 2. The molecule has 0 saturated carbocycles. The Labute approximate surface area is 377 Å². The first-order valence-corrected chi connectivity index (χ1v) is 22.8. The number of aliphatic hydroxyl groups excluding tert-OH is 2. The molecule has 0 spiro atoms. The van der Waals surface area contributed by atoms with Crippen molar-refractivity contribution in [2.24, 2.45) is 34.0 Å². The zero-order valence-electron chi connectivity index (χ0n) is 38.9. The predicted octanol–water partition coefficient (Wildman–Crippen LogP) is -0.476. The smallest absolute Gasteiger partial charge is 0.328 e. The van der Waals surface area contributed by atoms with Crippen molar-refractivity contribution in [1.82, 2.24) is 31.9 Å². The second kappa shape index (κ2) is 30.2. The quantitative estimate of drug-likeness (QED) is 0.0268. The number of cyclic esters (lactones) is 1. The van der Waals surface area contributed by atoms with Crippen LogP contribution in [0.5, 0.6) is 0 Å². The molecule has 0 aromatic heterocycles. The van der Waals surface area contributed by atoms with E-state index in [9.17, 15) is 48.6 Å². The van der Waals surface area contributed by atoms with Gasteiger partial charge < -0.3 is 64.1 Å². The van der Waals surface area contributed by atoms with E-state index in [1.54, 1.807) is 27.7 Å². The summed E-state index contributed by atoms with van der Waals surface area (Å²) in [6.07, 6.45) is 5.81. The number of ether oxygens (including phenoxy) is 1. The van der Waals surface area contributed by atoms with Gasteiger partial charge in [-0.3, -0.25) is 38.6 Å². The standard InChI is InChI=1S/C43H78N10O11/c1-8-25(4)34-39(60)51-33(24(2)3)38(59)53-35(27(6)54)40(61)49-30(20-21-31(44)56)37(58)48-26(5)42(63)64-28(7)36(41(62)52-34)50-32(57)23-29(55)19-17-15-13-11-9-10-12-14-16-18-22-47-43(45)46/h24-30,33-36,54-55H,8-23H2,1-7H3,(H2,44,56)(H,48,58)(H,49,61)(H,50,57)(H,51,60)(H,52,62)(H,53,59)(H4,45,46,47). The number of aliphatic imine (C=N–C) groups is 1. The second-order valence-electron chi connectivity index (χ2n) is 17.3. The highest BCUT2D eigenvalue weighted by Gasteiger charge is 2.39. The summed E-state index contributed by atoms with van der Waals surface area (Å²) in [6, 6.07) is -8.68. The van der Waals surface area contributed by atoms with E-state index in [0.717, 1.165) is 57.8 Å². The number of primary amides is 1. The zero-order valence-corrected chi connectivity index (χ0v) is 38.9. The fourth-order valence-electron chi connectivity index (χ4n) is 6.97. The van der Waals surface area contributed by atoms with Gasteiger partial charge in [0.2, 0.25) is 41.4 Å². The number of hydrogen-bond acceptors (Lipinski definition) is 12. The van der Waals surface area contributed by atoms with Gasteiger partial charge in [-0.2, -0.15) is 0 Å². The Hall–Kier alpha value is -5.05. The molecular weight excluding hydrogens is 833 g/mol. The Kier molecular flexibility index (Phi) is 26.8. The van der Waals surface area contributed by atoms with Crippen LogP contribution in [0.25, 0.3) is 0 Å². The summed E-state index contributed by atoms with van der Waals surface area (Å²) in [5.41, 5.74) is 16.0. The molecular formula is C43H78N10O11. The van der Waals surface area contributed by atoms with Gasteiger partial charge in [-0.15, -0.1) is 0 Å². The maximum Gasteiger partial charge on any atom is 0.328 e. The fraction of sp³-hybridized carbons (Fsp3) is 0.791. The van der Waals surface area contributed by atoms with Crippen molar-refractivity contribution in [2.45, 2.75) is 199 Å². The van der Waals surface area contributed by atoms with Crippen molar-refractivity contribution in [3.05, 3.63) is 0 Å². The van der Waals surface area contributed by atoms with Crippen LogP contribution in [0.3, 0.4) is 0 Å². The van der Waals surface area contributed by atoms with Crippen LogP contribution in [0.2, 0.25) is 0 Å². The lowest BCUT2D eigenvalue weighted by Gasteiger charge is -2.31. The van der Waals surface area contributed by atoms with Gasteiger partial charge in [-0.05, 0) is 51.9 Å². The number of nitrogens with one attached hydrogen (secondary N) is 6. The van der Waals surface area contributed by atoms with Crippen molar-refractivity contribution >= 4 is 53.3 Å². The summed E-state index contributed by atoms with van der Waals surface area (Å²) in [4.78, 5) is 111. The van der Waals surface area contributed by atoms with Gasteiger partial charge in [0, 0.05) is 13.0 Å². The molecule has 0 aliphatic carbocycles. The van der Waals surface area contributed by atoms with Gasteiger partial charge >= 0.3 is 5.97 Å². The number of guanidine groups is 1. The summed E-state index contributed by atoms with van der Waals surface area (Å²) in [6.45, 7) is 11.2. The Morgan fingerprint density at radius 2 is 1.22 bits per heavy atom. The number of nitrogens with zero attached hydrogens (tertiary/aromatic N) is 1. The average molecular weight is 911 g/mol. The molecule has 0 radical (unpaired) electrons. The second-order valence-corrected chi connectivity index (χ2v) is 17.3. The minimum Gasteiger partial charge on any atom is -0.458 e. The van der Waals surface area contributed by atoms with Crippen LogP contribution in [0.1, 0.15) is 145 Å². The molecule has 1 rings (SSSR count). The van der Waals surface area contributed by atoms with Gasteiger partial charge in [-0.25, -0.2) is 4.79 Å². The van der Waals surface area contributed by atoms with Gasteiger partial charge in [0.1, 0.15) is 42.4 Å². The van der Waals surface area contributed by atoms with E-state index in [1.165, 1.54) is 20.8 Å². The molecule has 10 atom stereocenters. The lowest BCUT2D eigenvalue weighted by atomic mass is 9.95. The van der Waals surface area contributed by atoms with Crippen molar-refractivity contribution in [2.75, 3.05) is 6.54 Å². The lowest BCUT2D eigenvalue weighted by molar-refractivity contribution is -0.155. The SMILES string of the molecule is CCC(C)C1NC(=O)C(NC(=O)CC(O)CCCCCCCCCCCCN=C(N)N)C(C)OC(=O)C(C)NC(=O)C(CCC(N)=O)NC(=O)C(C(C)O)NC(=O)C(C(C)C)NC1=O. The van der Waals surface area contributed by atoms with E-state index in [-0.39, 0.29) is 25.2 Å². The largest absolute Gasteiger partial charge is 0.458 e. The van der Waals surface area contributed by atoms with Crippen molar-refractivity contribution in [1.29, 1.82) is 0 Å². The molecule has 21 heteroatoms. The number of carbonyl (C=O) groups excluding carboxylic acids is 8. The molecule has 1 saturated heterocycles. The van der Waals surface area contributed by atoms with Gasteiger partial charge in [0.25, 0.3) is 0 Å². The maximum atomic E-state index is 14.1. The fourth-order valence-corrected chi connectivity index (χ4v) is 6.97. The molecule has 64 heavy (non-hydrogen) atoms. The van der Waals surface area contributed by atoms with Gasteiger partial charge in [-0.1, -0.05) is 91.9 Å². The molecule has 1 heterocycles. The molecule has 0 aromatic carbocycles. The number of carbonyl (C=O) groups is 8. The number of unbranched alkanes of at least 4 members (excludes halogenated alkanes) is 9.